The summed E-state index contributed by atoms with van der Waals surface area (Å²) in [6.07, 6.45) is 6.45. The fraction of sp³-hybridized carbons (Fsp3) is 0.588. The molecule has 1 aromatic rings. The molecule has 0 heterocycles. The topological polar surface area (TPSA) is 69.6 Å². The number of hydrogen-bond acceptors (Lipinski definition) is 3. The number of hydrogen-bond donors (Lipinski definition) is 3. The van der Waals surface area contributed by atoms with E-state index in [0.717, 1.165) is 24.8 Å². The number of carbonyl (C=O) groups excluding carboxylic acids is 1. The molecule has 21 heavy (non-hydrogen) atoms. The third kappa shape index (κ3) is 4.21. The fourth-order valence-corrected chi connectivity index (χ4v) is 3.32. The summed E-state index contributed by atoms with van der Waals surface area (Å²) in [4.78, 5) is 12.3. The van der Waals surface area contributed by atoms with Crippen LogP contribution >= 0.6 is 0 Å². The lowest BCUT2D eigenvalue weighted by molar-refractivity contribution is 0.0868. The molecule has 4 heteroatoms. The van der Waals surface area contributed by atoms with Gasteiger partial charge in [-0.1, -0.05) is 19.3 Å². The highest BCUT2D eigenvalue weighted by Gasteiger charge is 2.31. The second-order valence-corrected chi connectivity index (χ2v) is 6.27. The Morgan fingerprint density at radius 3 is 2.57 bits per heavy atom. The first-order chi connectivity index (χ1) is 10.0. The number of carbonyl (C=O) groups is 1. The van der Waals surface area contributed by atoms with E-state index in [9.17, 15) is 15.0 Å². The van der Waals surface area contributed by atoms with E-state index in [-0.39, 0.29) is 23.7 Å². The van der Waals surface area contributed by atoms with Gasteiger partial charge in [0.1, 0.15) is 5.75 Å². The minimum atomic E-state index is -0.156. The molecule has 0 spiro atoms. The van der Waals surface area contributed by atoms with Crippen molar-refractivity contribution in [1.82, 2.24) is 5.32 Å². The van der Waals surface area contributed by atoms with Crippen molar-refractivity contribution in [1.29, 1.82) is 0 Å². The van der Waals surface area contributed by atoms with Gasteiger partial charge < -0.3 is 15.5 Å². The maximum atomic E-state index is 12.3. The molecule has 0 aromatic heterocycles. The zero-order valence-electron chi connectivity index (χ0n) is 12.7. The van der Waals surface area contributed by atoms with Crippen LogP contribution in [0.1, 0.15) is 54.4 Å². The van der Waals surface area contributed by atoms with Crippen molar-refractivity contribution in [3.8, 4) is 5.75 Å². The molecule has 0 aliphatic heterocycles. The molecule has 0 saturated heterocycles. The Kier molecular flexibility index (Phi) is 5.23. The molecule has 1 aliphatic rings. The average Bonchev–Trinajstić information content (AvgIpc) is 2.45. The summed E-state index contributed by atoms with van der Waals surface area (Å²) in [5.41, 5.74) is 1.39. The molecule has 1 fully saturated rings. The molecule has 0 bridgehead atoms. The average molecular weight is 291 g/mol. The van der Waals surface area contributed by atoms with Gasteiger partial charge in [-0.15, -0.1) is 0 Å². The van der Waals surface area contributed by atoms with Crippen molar-refractivity contribution in [2.75, 3.05) is 13.2 Å². The monoisotopic (exact) mass is 291 g/mol. The Hall–Kier alpha value is -1.55. The molecule has 4 nitrogen and oxygen atoms in total. The van der Waals surface area contributed by atoms with Gasteiger partial charge in [0.25, 0.3) is 5.91 Å². The van der Waals surface area contributed by atoms with Crippen LogP contribution in [0.25, 0.3) is 0 Å². The van der Waals surface area contributed by atoms with Crippen LogP contribution in [0, 0.1) is 12.3 Å². The number of phenolic OH excluding ortho intramolecular Hbond substituents is 1. The van der Waals surface area contributed by atoms with Crippen LogP contribution in [0.2, 0.25) is 0 Å². The van der Waals surface area contributed by atoms with Gasteiger partial charge in [0.2, 0.25) is 0 Å². The van der Waals surface area contributed by atoms with Crippen LogP contribution in [0.15, 0.2) is 18.2 Å². The number of amides is 1. The van der Waals surface area contributed by atoms with Gasteiger partial charge in [-0.05, 0) is 55.4 Å². The molecule has 0 radical (unpaired) electrons. The van der Waals surface area contributed by atoms with E-state index < -0.39 is 0 Å². The van der Waals surface area contributed by atoms with E-state index in [2.05, 4.69) is 5.32 Å². The Balaban J connectivity index is 2.01. The SMILES string of the molecule is Cc1cc(O)cc(C(=O)NCC2(CCO)CCCCC2)c1. The van der Waals surface area contributed by atoms with Gasteiger partial charge in [0.05, 0.1) is 0 Å². The lowest BCUT2D eigenvalue weighted by Gasteiger charge is -2.37. The van der Waals surface area contributed by atoms with E-state index in [0.29, 0.717) is 12.1 Å². The summed E-state index contributed by atoms with van der Waals surface area (Å²) in [6.45, 7) is 2.62. The zero-order valence-corrected chi connectivity index (χ0v) is 12.7. The molecular weight excluding hydrogens is 266 g/mol. The van der Waals surface area contributed by atoms with Crippen molar-refractivity contribution in [3.05, 3.63) is 29.3 Å². The first-order valence-corrected chi connectivity index (χ1v) is 7.74. The van der Waals surface area contributed by atoms with Gasteiger partial charge in [0, 0.05) is 18.7 Å². The number of aliphatic hydroxyl groups is 1. The molecule has 1 saturated carbocycles. The van der Waals surface area contributed by atoms with Crippen molar-refractivity contribution in [2.45, 2.75) is 45.4 Å². The van der Waals surface area contributed by atoms with E-state index >= 15 is 0 Å². The van der Waals surface area contributed by atoms with Crippen molar-refractivity contribution in [2.24, 2.45) is 5.41 Å². The third-order valence-electron chi connectivity index (χ3n) is 4.50. The third-order valence-corrected chi connectivity index (χ3v) is 4.50. The van der Waals surface area contributed by atoms with Crippen LogP contribution in [-0.2, 0) is 0 Å². The number of benzene rings is 1. The van der Waals surface area contributed by atoms with Crippen LogP contribution in [0.5, 0.6) is 5.75 Å². The fourth-order valence-electron chi connectivity index (χ4n) is 3.32. The predicted octanol–water partition coefficient (Wildman–Crippen LogP) is 2.76. The van der Waals surface area contributed by atoms with E-state index in [1.54, 1.807) is 12.1 Å². The van der Waals surface area contributed by atoms with E-state index in [4.69, 9.17) is 0 Å². The van der Waals surface area contributed by atoms with Gasteiger partial charge in [-0.25, -0.2) is 0 Å². The number of aryl methyl sites for hydroxylation is 1. The van der Waals surface area contributed by atoms with Crippen LogP contribution in [0.3, 0.4) is 0 Å². The van der Waals surface area contributed by atoms with Crippen molar-refractivity contribution < 1.29 is 15.0 Å². The van der Waals surface area contributed by atoms with Crippen molar-refractivity contribution in [3.63, 3.8) is 0 Å². The maximum absolute atomic E-state index is 12.3. The summed E-state index contributed by atoms with van der Waals surface area (Å²) in [5.74, 6) is -0.0419. The highest BCUT2D eigenvalue weighted by atomic mass is 16.3. The Morgan fingerprint density at radius 1 is 1.24 bits per heavy atom. The molecule has 1 amide bonds. The lowest BCUT2D eigenvalue weighted by atomic mass is 9.72. The molecule has 2 rings (SSSR count). The number of aromatic hydroxyl groups is 1. The first-order valence-electron chi connectivity index (χ1n) is 7.74. The Morgan fingerprint density at radius 2 is 1.95 bits per heavy atom. The van der Waals surface area contributed by atoms with Crippen LogP contribution < -0.4 is 5.32 Å². The summed E-state index contributed by atoms with van der Waals surface area (Å²) in [6, 6.07) is 4.89. The maximum Gasteiger partial charge on any atom is 0.251 e. The minimum absolute atomic E-state index is 0.0362. The molecule has 116 valence electrons. The quantitative estimate of drug-likeness (QED) is 0.781. The minimum Gasteiger partial charge on any atom is -0.508 e. The largest absolute Gasteiger partial charge is 0.508 e. The van der Waals surface area contributed by atoms with E-state index in [1.807, 2.05) is 6.92 Å². The van der Waals surface area contributed by atoms with Crippen molar-refractivity contribution >= 4 is 5.91 Å². The van der Waals surface area contributed by atoms with E-state index in [1.165, 1.54) is 25.3 Å². The highest BCUT2D eigenvalue weighted by molar-refractivity contribution is 5.94. The summed E-state index contributed by atoms with van der Waals surface area (Å²) < 4.78 is 0. The molecule has 0 atom stereocenters. The van der Waals surface area contributed by atoms with Crippen LogP contribution in [-0.4, -0.2) is 29.3 Å². The first kappa shape index (κ1) is 15.8. The summed E-state index contributed by atoms with van der Waals surface area (Å²) in [7, 11) is 0. The summed E-state index contributed by atoms with van der Waals surface area (Å²) >= 11 is 0. The lowest BCUT2D eigenvalue weighted by Crippen LogP contribution is -2.39. The Bertz CT molecular complexity index is 467. The van der Waals surface area contributed by atoms with Gasteiger partial charge in [-0.3, -0.25) is 4.79 Å². The predicted molar refractivity (Wildman–Crippen MR) is 82.4 cm³/mol. The molecule has 0 unspecified atom stereocenters. The zero-order chi connectivity index (χ0) is 15.3. The normalized spacial score (nSPS) is 17.4. The van der Waals surface area contributed by atoms with Gasteiger partial charge >= 0.3 is 0 Å². The number of aliphatic hydroxyl groups excluding tert-OH is 1. The number of nitrogens with one attached hydrogen (secondary N) is 1. The standard InChI is InChI=1S/C17H25NO3/c1-13-9-14(11-15(20)10-13)16(21)18-12-17(7-8-19)5-3-2-4-6-17/h9-11,19-20H,2-8,12H2,1H3,(H,18,21). The van der Waals surface area contributed by atoms with Gasteiger partial charge in [0.15, 0.2) is 0 Å². The smallest absolute Gasteiger partial charge is 0.251 e. The molecule has 3 N–H and O–H groups in total. The second-order valence-electron chi connectivity index (χ2n) is 6.27. The molecule has 1 aliphatic carbocycles. The number of phenols is 1. The summed E-state index contributed by atoms with van der Waals surface area (Å²) in [5, 5.41) is 21.9. The van der Waals surface area contributed by atoms with Gasteiger partial charge in [-0.2, -0.15) is 0 Å². The number of rotatable bonds is 5. The molecule has 1 aromatic carbocycles. The highest BCUT2D eigenvalue weighted by Crippen LogP contribution is 2.38. The Labute approximate surface area is 126 Å². The second kappa shape index (κ2) is 6.94. The van der Waals surface area contributed by atoms with Crippen LogP contribution in [0.4, 0.5) is 0 Å². The molecular formula is C17H25NO3.